The Kier molecular flexibility index (Phi) is 4.79. The maximum absolute atomic E-state index is 12.5. The van der Waals surface area contributed by atoms with Crippen molar-refractivity contribution in [1.82, 2.24) is 4.90 Å². The topological polar surface area (TPSA) is 38.8 Å². The molecule has 0 unspecified atom stereocenters. The molecule has 22 heavy (non-hydrogen) atoms. The van der Waals surface area contributed by atoms with Crippen LogP contribution in [0.4, 0.5) is 0 Å². The summed E-state index contributed by atoms with van der Waals surface area (Å²) < 4.78 is 11.3. The van der Waals surface area contributed by atoms with Gasteiger partial charge < -0.3 is 14.4 Å². The number of amides is 1. The Morgan fingerprint density at radius 1 is 1.41 bits per heavy atom. The molecule has 1 aromatic rings. The van der Waals surface area contributed by atoms with Gasteiger partial charge in [0.1, 0.15) is 0 Å². The van der Waals surface area contributed by atoms with Crippen LogP contribution >= 0.6 is 0 Å². The lowest BCUT2D eigenvalue weighted by Gasteiger charge is -2.26. The number of hydrogen-bond donors (Lipinski definition) is 0. The average molecular weight is 303 g/mol. The fraction of sp³-hybridized carbons (Fsp3) is 0.611. The molecule has 2 aliphatic heterocycles. The smallest absolute Gasteiger partial charge is 0.222 e. The first-order valence-corrected chi connectivity index (χ1v) is 8.21. The van der Waals surface area contributed by atoms with Crippen LogP contribution in [0, 0.1) is 11.3 Å². The maximum Gasteiger partial charge on any atom is 0.222 e. The zero-order chi connectivity index (χ0) is 15.4. The third kappa shape index (κ3) is 3.18. The molecule has 2 fully saturated rings. The number of nitrogens with zero attached hydrogens (tertiary/aromatic N) is 1. The molecule has 0 aliphatic carbocycles. The van der Waals surface area contributed by atoms with Crippen molar-refractivity contribution < 1.29 is 14.3 Å². The van der Waals surface area contributed by atoms with Gasteiger partial charge in [-0.3, -0.25) is 4.79 Å². The molecule has 2 atom stereocenters. The van der Waals surface area contributed by atoms with Crippen LogP contribution in [-0.2, 0) is 20.7 Å². The van der Waals surface area contributed by atoms with Gasteiger partial charge in [-0.25, -0.2) is 0 Å². The maximum atomic E-state index is 12.5. The van der Waals surface area contributed by atoms with E-state index in [1.807, 2.05) is 30.0 Å². The number of fused-ring (bicyclic) bond motifs is 1. The second kappa shape index (κ2) is 6.80. The number of rotatable bonds is 6. The quantitative estimate of drug-likeness (QED) is 0.808. The third-order valence-corrected chi connectivity index (χ3v) is 4.94. The van der Waals surface area contributed by atoms with E-state index in [-0.39, 0.29) is 11.3 Å². The van der Waals surface area contributed by atoms with Crippen LogP contribution in [0.2, 0.25) is 0 Å². The molecule has 0 saturated carbocycles. The van der Waals surface area contributed by atoms with Crippen molar-refractivity contribution in [3.8, 4) is 0 Å². The van der Waals surface area contributed by atoms with E-state index in [2.05, 4.69) is 12.1 Å². The number of hydrogen-bond acceptors (Lipinski definition) is 3. The summed E-state index contributed by atoms with van der Waals surface area (Å²) in [5.41, 5.74) is 1.25. The van der Waals surface area contributed by atoms with Gasteiger partial charge in [-0.05, 0) is 18.9 Å². The fourth-order valence-corrected chi connectivity index (χ4v) is 3.59. The van der Waals surface area contributed by atoms with E-state index in [0.29, 0.717) is 18.9 Å². The van der Waals surface area contributed by atoms with E-state index in [9.17, 15) is 4.79 Å². The summed E-state index contributed by atoms with van der Waals surface area (Å²) >= 11 is 0. The van der Waals surface area contributed by atoms with Crippen LogP contribution in [0.15, 0.2) is 30.3 Å². The first-order chi connectivity index (χ1) is 10.7. The highest BCUT2D eigenvalue weighted by atomic mass is 16.5. The van der Waals surface area contributed by atoms with Gasteiger partial charge in [-0.15, -0.1) is 0 Å². The number of carbonyl (C=O) groups is 1. The first kappa shape index (κ1) is 15.5. The Bertz CT molecular complexity index is 504. The first-order valence-electron chi connectivity index (χ1n) is 8.21. The lowest BCUT2D eigenvalue weighted by atomic mass is 9.82. The van der Waals surface area contributed by atoms with Gasteiger partial charge in [-0.1, -0.05) is 30.3 Å². The van der Waals surface area contributed by atoms with Gasteiger partial charge >= 0.3 is 0 Å². The summed E-state index contributed by atoms with van der Waals surface area (Å²) in [6.07, 6.45) is 1.40. The zero-order valence-electron chi connectivity index (χ0n) is 13.3. The van der Waals surface area contributed by atoms with Crippen molar-refractivity contribution in [3.63, 3.8) is 0 Å². The summed E-state index contributed by atoms with van der Waals surface area (Å²) in [6, 6.07) is 10.2. The van der Waals surface area contributed by atoms with Crippen molar-refractivity contribution in [1.29, 1.82) is 0 Å². The number of ether oxygens (including phenoxy) is 2. The average Bonchev–Trinajstić information content (AvgIpc) is 3.09. The highest BCUT2D eigenvalue weighted by Crippen LogP contribution is 2.41. The number of likely N-dealkylation sites (tertiary alicyclic amines) is 1. The lowest BCUT2D eigenvalue weighted by Crippen LogP contribution is -2.37. The van der Waals surface area contributed by atoms with Gasteiger partial charge in [0, 0.05) is 37.5 Å². The van der Waals surface area contributed by atoms with Crippen LogP contribution in [0.5, 0.6) is 0 Å². The number of benzene rings is 1. The van der Waals surface area contributed by atoms with Gasteiger partial charge in [0.2, 0.25) is 5.91 Å². The molecule has 0 spiro atoms. The Hall–Kier alpha value is -1.39. The molecule has 4 nitrogen and oxygen atoms in total. The molecule has 4 heteroatoms. The minimum atomic E-state index is 0.0262. The van der Waals surface area contributed by atoms with Crippen LogP contribution < -0.4 is 0 Å². The van der Waals surface area contributed by atoms with Crippen molar-refractivity contribution in [2.45, 2.75) is 19.8 Å². The monoisotopic (exact) mass is 303 g/mol. The molecule has 1 aromatic carbocycles. The molecule has 3 rings (SSSR count). The molecule has 1 amide bonds. The summed E-state index contributed by atoms with van der Waals surface area (Å²) in [5, 5.41) is 0. The summed E-state index contributed by atoms with van der Waals surface area (Å²) in [7, 11) is 0. The molecular formula is C18H25NO3. The highest BCUT2D eigenvalue weighted by Gasteiger charge is 2.51. The summed E-state index contributed by atoms with van der Waals surface area (Å²) in [6.45, 7) is 6.52. The molecular weight excluding hydrogens is 278 g/mol. The second-order valence-corrected chi connectivity index (χ2v) is 6.47. The molecule has 2 aliphatic rings. The van der Waals surface area contributed by atoms with Crippen LogP contribution in [-0.4, -0.2) is 50.3 Å². The van der Waals surface area contributed by atoms with Crippen LogP contribution in [0.1, 0.15) is 18.9 Å². The van der Waals surface area contributed by atoms with E-state index in [0.717, 1.165) is 39.3 Å². The van der Waals surface area contributed by atoms with E-state index in [4.69, 9.17) is 9.47 Å². The third-order valence-electron chi connectivity index (χ3n) is 4.94. The van der Waals surface area contributed by atoms with Gasteiger partial charge in [0.25, 0.3) is 0 Å². The minimum absolute atomic E-state index is 0.0262. The Labute approximate surface area is 132 Å². The molecule has 2 saturated heterocycles. The molecule has 0 aromatic heterocycles. The minimum Gasteiger partial charge on any atom is -0.381 e. The second-order valence-electron chi connectivity index (χ2n) is 6.47. The Morgan fingerprint density at radius 2 is 2.23 bits per heavy atom. The van der Waals surface area contributed by atoms with E-state index >= 15 is 0 Å². The normalized spacial score (nSPS) is 27.1. The van der Waals surface area contributed by atoms with Crippen molar-refractivity contribution in [2.75, 3.05) is 39.5 Å². The fourth-order valence-electron chi connectivity index (χ4n) is 3.59. The molecule has 0 N–H and O–H groups in total. The zero-order valence-corrected chi connectivity index (χ0v) is 13.3. The van der Waals surface area contributed by atoms with Gasteiger partial charge in [-0.2, -0.15) is 0 Å². The molecule has 2 heterocycles. The van der Waals surface area contributed by atoms with E-state index in [1.165, 1.54) is 5.56 Å². The summed E-state index contributed by atoms with van der Waals surface area (Å²) in [4.78, 5) is 14.5. The SMILES string of the molecule is CCOC[C@]12COC[C@H]1CN(C(=O)CCc1ccccc1)C2. The van der Waals surface area contributed by atoms with Crippen molar-refractivity contribution >= 4 is 5.91 Å². The highest BCUT2D eigenvalue weighted by molar-refractivity contribution is 5.77. The van der Waals surface area contributed by atoms with E-state index in [1.54, 1.807) is 0 Å². The standard InChI is InChI=1S/C18H25NO3/c1-2-21-13-18-12-19(10-16(18)11-22-14-18)17(20)9-8-15-6-4-3-5-7-15/h3-7,16H,2,8-14H2,1H3/t16-,18-/m1/s1. The molecule has 0 radical (unpaired) electrons. The predicted molar refractivity (Wildman–Crippen MR) is 84.6 cm³/mol. The van der Waals surface area contributed by atoms with E-state index < -0.39 is 0 Å². The van der Waals surface area contributed by atoms with Gasteiger partial charge in [0.05, 0.1) is 19.8 Å². The largest absolute Gasteiger partial charge is 0.381 e. The molecule has 120 valence electrons. The van der Waals surface area contributed by atoms with Crippen LogP contribution in [0.3, 0.4) is 0 Å². The molecule has 0 bridgehead atoms. The Morgan fingerprint density at radius 3 is 3.00 bits per heavy atom. The number of aryl methyl sites for hydroxylation is 1. The summed E-state index contributed by atoms with van der Waals surface area (Å²) in [5.74, 6) is 0.689. The van der Waals surface area contributed by atoms with Crippen LogP contribution in [0.25, 0.3) is 0 Å². The number of carbonyl (C=O) groups excluding carboxylic acids is 1. The van der Waals surface area contributed by atoms with Crippen molar-refractivity contribution in [2.24, 2.45) is 11.3 Å². The lowest BCUT2D eigenvalue weighted by molar-refractivity contribution is -0.131. The Balaban J connectivity index is 1.56. The van der Waals surface area contributed by atoms with Gasteiger partial charge in [0.15, 0.2) is 0 Å². The predicted octanol–water partition coefficient (Wildman–Crippen LogP) is 2.13. The van der Waals surface area contributed by atoms with Crippen molar-refractivity contribution in [3.05, 3.63) is 35.9 Å².